The van der Waals surface area contributed by atoms with Crippen LogP contribution in [0.1, 0.15) is 11.1 Å². The summed E-state index contributed by atoms with van der Waals surface area (Å²) in [5.74, 6) is -0.763. The molecule has 1 amide bonds. The highest BCUT2D eigenvalue weighted by Crippen LogP contribution is 2.18. The largest absolute Gasteiger partial charge is 0.496 e. The molecule has 98 valence electrons. The fourth-order valence-electron chi connectivity index (χ4n) is 1.58. The summed E-state index contributed by atoms with van der Waals surface area (Å²) in [6, 6.07) is 5.80. The monoisotopic (exact) mass is 251 g/mol. The molecule has 0 fully saturated rings. The summed E-state index contributed by atoms with van der Waals surface area (Å²) < 4.78 is 9.45. The predicted molar refractivity (Wildman–Crippen MR) is 66.5 cm³/mol. The van der Waals surface area contributed by atoms with Gasteiger partial charge in [-0.2, -0.15) is 0 Å². The Kier molecular flexibility index (Phi) is 5.17. The molecule has 1 aromatic rings. The Bertz CT molecular complexity index is 443. The average Bonchev–Trinajstić information content (AvgIpc) is 2.37. The van der Waals surface area contributed by atoms with Gasteiger partial charge in [-0.05, 0) is 30.5 Å². The molecule has 0 saturated heterocycles. The summed E-state index contributed by atoms with van der Waals surface area (Å²) in [5.41, 5.74) is 2.10. The topological polar surface area (TPSA) is 64.6 Å². The second kappa shape index (κ2) is 6.64. The molecule has 0 aliphatic rings. The SMILES string of the molecule is COC(=O)C(=O)NCCc1ccc(OC)c(C)c1. The Balaban J connectivity index is 2.47. The summed E-state index contributed by atoms with van der Waals surface area (Å²) in [4.78, 5) is 22.0. The van der Waals surface area contributed by atoms with E-state index in [9.17, 15) is 9.59 Å². The van der Waals surface area contributed by atoms with E-state index in [1.165, 1.54) is 7.11 Å². The summed E-state index contributed by atoms with van der Waals surface area (Å²) in [6.45, 7) is 2.34. The Labute approximate surface area is 106 Å². The molecule has 0 heterocycles. The van der Waals surface area contributed by atoms with Gasteiger partial charge in [-0.3, -0.25) is 4.79 Å². The second-order valence-corrected chi connectivity index (χ2v) is 3.80. The third kappa shape index (κ3) is 3.76. The Morgan fingerprint density at radius 2 is 2.00 bits per heavy atom. The van der Waals surface area contributed by atoms with E-state index in [1.807, 2.05) is 25.1 Å². The van der Waals surface area contributed by atoms with Crippen LogP contribution in [-0.2, 0) is 20.7 Å². The molecule has 5 heteroatoms. The van der Waals surface area contributed by atoms with Crippen molar-refractivity contribution in [2.24, 2.45) is 0 Å². The van der Waals surface area contributed by atoms with Crippen molar-refractivity contribution in [1.82, 2.24) is 5.32 Å². The third-order valence-electron chi connectivity index (χ3n) is 2.53. The summed E-state index contributed by atoms with van der Waals surface area (Å²) >= 11 is 0. The first-order chi connectivity index (χ1) is 8.58. The molecule has 1 N–H and O–H groups in total. The first kappa shape index (κ1) is 14.0. The van der Waals surface area contributed by atoms with Crippen molar-refractivity contribution >= 4 is 11.9 Å². The smallest absolute Gasteiger partial charge is 0.396 e. The number of hydrogen-bond acceptors (Lipinski definition) is 4. The van der Waals surface area contributed by atoms with Crippen molar-refractivity contribution in [3.05, 3.63) is 29.3 Å². The van der Waals surface area contributed by atoms with Crippen molar-refractivity contribution < 1.29 is 19.1 Å². The van der Waals surface area contributed by atoms with E-state index in [1.54, 1.807) is 7.11 Å². The number of nitrogens with one attached hydrogen (secondary N) is 1. The Morgan fingerprint density at radius 3 is 2.56 bits per heavy atom. The number of benzene rings is 1. The van der Waals surface area contributed by atoms with Crippen LogP contribution in [0.15, 0.2) is 18.2 Å². The number of carbonyl (C=O) groups is 2. The molecule has 0 aliphatic carbocycles. The van der Waals surface area contributed by atoms with Crippen LogP contribution in [0, 0.1) is 6.92 Å². The lowest BCUT2D eigenvalue weighted by Crippen LogP contribution is -2.33. The Hall–Kier alpha value is -2.04. The van der Waals surface area contributed by atoms with E-state index in [-0.39, 0.29) is 0 Å². The molecular weight excluding hydrogens is 234 g/mol. The fraction of sp³-hybridized carbons (Fsp3) is 0.385. The molecule has 1 rings (SSSR count). The molecule has 0 spiro atoms. The minimum absolute atomic E-state index is 0.389. The van der Waals surface area contributed by atoms with E-state index in [2.05, 4.69) is 10.1 Å². The molecule has 0 aromatic heterocycles. The third-order valence-corrected chi connectivity index (χ3v) is 2.53. The van der Waals surface area contributed by atoms with E-state index >= 15 is 0 Å². The van der Waals surface area contributed by atoms with Gasteiger partial charge in [-0.15, -0.1) is 0 Å². The van der Waals surface area contributed by atoms with Crippen LogP contribution in [0.5, 0.6) is 5.75 Å². The molecule has 0 unspecified atom stereocenters. The van der Waals surface area contributed by atoms with Gasteiger partial charge in [0.15, 0.2) is 0 Å². The van der Waals surface area contributed by atoms with Crippen LogP contribution in [0.2, 0.25) is 0 Å². The molecule has 0 radical (unpaired) electrons. The summed E-state index contributed by atoms with van der Waals surface area (Å²) in [7, 11) is 2.80. The van der Waals surface area contributed by atoms with Gasteiger partial charge in [0, 0.05) is 6.54 Å². The maximum Gasteiger partial charge on any atom is 0.396 e. The molecule has 0 saturated carbocycles. The van der Waals surface area contributed by atoms with Gasteiger partial charge < -0.3 is 14.8 Å². The maximum atomic E-state index is 11.1. The van der Waals surface area contributed by atoms with Gasteiger partial charge in [0.25, 0.3) is 0 Å². The van der Waals surface area contributed by atoms with E-state index in [0.717, 1.165) is 16.9 Å². The van der Waals surface area contributed by atoms with Crippen LogP contribution in [0.3, 0.4) is 0 Å². The van der Waals surface area contributed by atoms with Crippen molar-refractivity contribution in [3.63, 3.8) is 0 Å². The number of carbonyl (C=O) groups excluding carboxylic acids is 2. The number of rotatable bonds is 4. The highest BCUT2D eigenvalue weighted by atomic mass is 16.5. The quantitative estimate of drug-likeness (QED) is 0.636. The van der Waals surface area contributed by atoms with Crippen LogP contribution in [0.25, 0.3) is 0 Å². The van der Waals surface area contributed by atoms with Crippen LogP contribution in [0.4, 0.5) is 0 Å². The first-order valence-corrected chi connectivity index (χ1v) is 5.58. The molecule has 5 nitrogen and oxygen atoms in total. The number of methoxy groups -OCH3 is 2. The number of aryl methyl sites for hydroxylation is 1. The van der Waals surface area contributed by atoms with Gasteiger partial charge >= 0.3 is 11.9 Å². The lowest BCUT2D eigenvalue weighted by atomic mass is 10.1. The second-order valence-electron chi connectivity index (χ2n) is 3.80. The highest BCUT2D eigenvalue weighted by molar-refractivity contribution is 6.32. The zero-order valence-electron chi connectivity index (χ0n) is 10.8. The number of hydrogen-bond donors (Lipinski definition) is 1. The van der Waals surface area contributed by atoms with Gasteiger partial charge in [0.1, 0.15) is 5.75 Å². The van der Waals surface area contributed by atoms with Crippen LogP contribution in [-0.4, -0.2) is 32.6 Å². The summed E-state index contributed by atoms with van der Waals surface area (Å²) in [5, 5.41) is 2.49. The van der Waals surface area contributed by atoms with E-state index < -0.39 is 11.9 Å². The highest BCUT2D eigenvalue weighted by Gasteiger charge is 2.12. The lowest BCUT2D eigenvalue weighted by Gasteiger charge is -2.08. The van der Waals surface area contributed by atoms with Crippen molar-refractivity contribution in [3.8, 4) is 5.75 Å². The summed E-state index contributed by atoms with van der Waals surface area (Å²) in [6.07, 6.45) is 0.646. The molecule has 0 bridgehead atoms. The first-order valence-electron chi connectivity index (χ1n) is 5.58. The fourth-order valence-corrected chi connectivity index (χ4v) is 1.58. The molecule has 1 aromatic carbocycles. The number of esters is 1. The van der Waals surface area contributed by atoms with Gasteiger partial charge in [0.2, 0.25) is 0 Å². The number of ether oxygens (including phenoxy) is 2. The van der Waals surface area contributed by atoms with Crippen molar-refractivity contribution in [2.75, 3.05) is 20.8 Å². The normalized spacial score (nSPS) is 9.72. The molecule has 0 aliphatic heterocycles. The van der Waals surface area contributed by atoms with Crippen molar-refractivity contribution in [2.45, 2.75) is 13.3 Å². The predicted octanol–water partition coefficient (Wildman–Crippen LogP) is 0.835. The average molecular weight is 251 g/mol. The Morgan fingerprint density at radius 1 is 1.28 bits per heavy atom. The maximum absolute atomic E-state index is 11.1. The molecule has 18 heavy (non-hydrogen) atoms. The van der Waals surface area contributed by atoms with Crippen LogP contribution < -0.4 is 10.1 Å². The van der Waals surface area contributed by atoms with Crippen LogP contribution >= 0.6 is 0 Å². The molecule has 0 atom stereocenters. The van der Waals surface area contributed by atoms with Gasteiger partial charge in [0.05, 0.1) is 14.2 Å². The minimum Gasteiger partial charge on any atom is -0.496 e. The minimum atomic E-state index is -0.874. The molecular formula is C13H17NO4. The van der Waals surface area contributed by atoms with E-state index in [4.69, 9.17) is 4.74 Å². The van der Waals surface area contributed by atoms with E-state index in [0.29, 0.717) is 13.0 Å². The zero-order chi connectivity index (χ0) is 13.5. The number of amides is 1. The van der Waals surface area contributed by atoms with Gasteiger partial charge in [-0.1, -0.05) is 12.1 Å². The van der Waals surface area contributed by atoms with Gasteiger partial charge in [-0.25, -0.2) is 4.79 Å². The zero-order valence-corrected chi connectivity index (χ0v) is 10.8. The standard InChI is InChI=1S/C13H17NO4/c1-9-8-10(4-5-11(9)17-2)6-7-14-12(15)13(16)18-3/h4-5,8H,6-7H2,1-3H3,(H,14,15). The lowest BCUT2D eigenvalue weighted by molar-refractivity contribution is -0.152. The van der Waals surface area contributed by atoms with Crippen molar-refractivity contribution in [1.29, 1.82) is 0 Å².